The number of likely N-dealkylation sites (tertiary alicyclic amines) is 1. The first kappa shape index (κ1) is 22.9. The van der Waals surface area contributed by atoms with Crippen molar-refractivity contribution in [2.24, 2.45) is 0 Å². The molecule has 0 bridgehead atoms. The number of hydrogen-bond donors (Lipinski definition) is 1. The summed E-state index contributed by atoms with van der Waals surface area (Å²) < 4.78 is 3.64. The van der Waals surface area contributed by atoms with Crippen molar-refractivity contribution in [2.75, 3.05) is 19.6 Å². The third-order valence-corrected chi connectivity index (χ3v) is 5.74. The van der Waals surface area contributed by atoms with Gasteiger partial charge in [-0.1, -0.05) is 30.7 Å². The monoisotopic (exact) mass is 487 g/mol. The number of rotatable bonds is 7. The number of piperidine rings is 1. The molecule has 164 valence electrons. The lowest BCUT2D eigenvalue weighted by Crippen LogP contribution is -2.35. The van der Waals surface area contributed by atoms with Crippen LogP contribution in [0.3, 0.4) is 0 Å². The number of hydrogen-bond acceptors (Lipinski definition) is 5. The molecule has 2 heterocycles. The third-order valence-electron chi connectivity index (χ3n) is 5.74. The van der Waals surface area contributed by atoms with Crippen LogP contribution in [0.4, 0.5) is 5.69 Å². The van der Waals surface area contributed by atoms with Crippen molar-refractivity contribution < 1.29 is 9.72 Å². The number of nitro benzene ring substituents is 1. The fraction of sp³-hybridized carbons (Fsp3) is 0.364. The van der Waals surface area contributed by atoms with Crippen LogP contribution in [-0.2, 0) is 13.1 Å². The molecule has 1 saturated heterocycles. The molecule has 1 fully saturated rings. The zero-order chi connectivity index (χ0) is 21.1. The fourth-order valence-electron chi connectivity index (χ4n) is 4.13. The van der Waals surface area contributed by atoms with Gasteiger partial charge in [-0.3, -0.25) is 20.3 Å². The van der Waals surface area contributed by atoms with Crippen molar-refractivity contribution in [2.45, 2.75) is 32.4 Å². The van der Waals surface area contributed by atoms with E-state index in [2.05, 4.69) is 4.90 Å². The number of nitro groups is 1. The van der Waals surface area contributed by atoms with Crippen LogP contribution >= 0.6 is 17.0 Å². The summed E-state index contributed by atoms with van der Waals surface area (Å²) in [5.74, 6) is -0.254. The van der Waals surface area contributed by atoms with E-state index in [4.69, 9.17) is 5.41 Å². The standard InChI is InChI=1S/C22H25N5O3.BrH/c23-22-25(14-13-24-11-4-1-5-12-24)19-9-2-3-10-20(19)26(22)16-21(28)17-7-6-8-18(15-17)27(29)30;/h2-3,6-10,15,23H,1,4-5,11-14,16H2;1H. The first-order valence-electron chi connectivity index (χ1n) is 10.3. The van der Waals surface area contributed by atoms with Gasteiger partial charge >= 0.3 is 0 Å². The molecule has 1 N–H and O–H groups in total. The smallest absolute Gasteiger partial charge is 0.270 e. The van der Waals surface area contributed by atoms with Gasteiger partial charge in [0.25, 0.3) is 5.69 Å². The highest BCUT2D eigenvalue weighted by Crippen LogP contribution is 2.17. The molecule has 0 saturated carbocycles. The molecule has 0 aliphatic carbocycles. The molecule has 1 aromatic heterocycles. The summed E-state index contributed by atoms with van der Waals surface area (Å²) in [4.78, 5) is 25.8. The van der Waals surface area contributed by atoms with Crippen LogP contribution in [0.1, 0.15) is 29.6 Å². The van der Waals surface area contributed by atoms with E-state index >= 15 is 0 Å². The first-order valence-corrected chi connectivity index (χ1v) is 10.3. The highest BCUT2D eigenvalue weighted by Gasteiger charge is 2.17. The van der Waals surface area contributed by atoms with Gasteiger partial charge in [-0.05, 0) is 38.1 Å². The molecule has 0 atom stereocenters. The van der Waals surface area contributed by atoms with Crippen LogP contribution < -0.4 is 5.62 Å². The third kappa shape index (κ3) is 4.94. The molecule has 4 rings (SSSR count). The molecule has 0 spiro atoms. The van der Waals surface area contributed by atoms with Crippen molar-refractivity contribution in [3.63, 3.8) is 0 Å². The fourth-order valence-corrected chi connectivity index (χ4v) is 4.13. The molecule has 0 unspecified atom stereocenters. The number of halogens is 1. The minimum atomic E-state index is -0.508. The zero-order valence-corrected chi connectivity index (χ0v) is 18.9. The highest BCUT2D eigenvalue weighted by molar-refractivity contribution is 8.93. The zero-order valence-electron chi connectivity index (χ0n) is 17.2. The molecule has 1 aliphatic heterocycles. The minimum absolute atomic E-state index is 0. The Morgan fingerprint density at radius 3 is 2.32 bits per heavy atom. The summed E-state index contributed by atoms with van der Waals surface area (Å²) in [7, 11) is 0. The molecular formula is C22H26BrN5O3. The Labute approximate surface area is 190 Å². The summed E-state index contributed by atoms with van der Waals surface area (Å²) >= 11 is 0. The average molecular weight is 488 g/mol. The second kappa shape index (κ2) is 10.0. The number of carbonyl (C=O) groups excluding carboxylic acids is 1. The number of fused-ring (bicyclic) bond motifs is 1. The van der Waals surface area contributed by atoms with Crippen LogP contribution in [0.2, 0.25) is 0 Å². The lowest BCUT2D eigenvalue weighted by atomic mass is 10.1. The molecule has 8 nitrogen and oxygen atoms in total. The number of nitrogens with zero attached hydrogens (tertiary/aromatic N) is 4. The highest BCUT2D eigenvalue weighted by atomic mass is 79.9. The van der Waals surface area contributed by atoms with Crippen LogP contribution in [-0.4, -0.2) is 44.4 Å². The predicted octanol–water partition coefficient (Wildman–Crippen LogP) is 3.78. The summed E-state index contributed by atoms with van der Waals surface area (Å²) in [6, 6.07) is 13.5. The number of nitrogens with one attached hydrogen (secondary N) is 1. The van der Waals surface area contributed by atoms with E-state index in [0.717, 1.165) is 30.7 Å². The van der Waals surface area contributed by atoms with E-state index in [1.54, 1.807) is 10.6 Å². The predicted molar refractivity (Wildman–Crippen MR) is 124 cm³/mol. The van der Waals surface area contributed by atoms with E-state index < -0.39 is 4.92 Å². The molecular weight excluding hydrogens is 462 g/mol. The van der Waals surface area contributed by atoms with Gasteiger partial charge in [-0.25, -0.2) is 0 Å². The Balaban J connectivity index is 0.00000272. The largest absolute Gasteiger partial charge is 0.309 e. The number of Topliss-reactive ketones (excluding diaryl/α,β-unsaturated/α-hetero) is 1. The van der Waals surface area contributed by atoms with Crippen LogP contribution in [0, 0.1) is 15.5 Å². The van der Waals surface area contributed by atoms with Gasteiger partial charge in [-0.15, -0.1) is 17.0 Å². The number of benzene rings is 2. The summed E-state index contributed by atoms with van der Waals surface area (Å²) in [5.41, 5.74) is 2.18. The van der Waals surface area contributed by atoms with Gasteiger partial charge in [0.15, 0.2) is 5.78 Å². The second-order valence-corrected chi connectivity index (χ2v) is 7.68. The Bertz CT molecular complexity index is 1150. The van der Waals surface area contributed by atoms with Gasteiger partial charge in [0.05, 0.1) is 22.5 Å². The van der Waals surface area contributed by atoms with Crippen molar-refractivity contribution in [3.05, 3.63) is 69.8 Å². The number of para-hydroxylation sites is 2. The molecule has 0 amide bonds. The number of ketones is 1. The van der Waals surface area contributed by atoms with Crippen molar-refractivity contribution in [1.82, 2.24) is 14.0 Å². The Morgan fingerprint density at radius 1 is 0.968 bits per heavy atom. The Hall–Kier alpha value is -2.78. The molecule has 9 heteroatoms. The SMILES string of the molecule is Br.N=c1n(CCN2CCCCC2)c2ccccc2n1CC(=O)c1cccc([N+](=O)[O-])c1. The van der Waals surface area contributed by atoms with Crippen molar-refractivity contribution in [3.8, 4) is 0 Å². The van der Waals surface area contributed by atoms with E-state index in [1.165, 1.54) is 37.5 Å². The first-order chi connectivity index (χ1) is 14.5. The second-order valence-electron chi connectivity index (χ2n) is 7.68. The lowest BCUT2D eigenvalue weighted by Gasteiger charge is -2.26. The summed E-state index contributed by atoms with van der Waals surface area (Å²) in [6.07, 6.45) is 3.72. The maximum Gasteiger partial charge on any atom is 0.270 e. The van der Waals surface area contributed by atoms with E-state index in [0.29, 0.717) is 6.54 Å². The normalized spacial score (nSPS) is 14.3. The van der Waals surface area contributed by atoms with Crippen LogP contribution in [0.25, 0.3) is 11.0 Å². The molecule has 1 aliphatic rings. The van der Waals surface area contributed by atoms with E-state index in [9.17, 15) is 14.9 Å². The minimum Gasteiger partial charge on any atom is -0.309 e. The van der Waals surface area contributed by atoms with Gasteiger partial charge in [0, 0.05) is 30.8 Å². The van der Waals surface area contributed by atoms with E-state index in [-0.39, 0.29) is 46.2 Å². The topological polar surface area (TPSA) is 97.2 Å². The number of non-ortho nitro benzene ring substituents is 1. The van der Waals surface area contributed by atoms with Gasteiger partial charge in [0.1, 0.15) is 0 Å². The quantitative estimate of drug-likeness (QED) is 0.311. The van der Waals surface area contributed by atoms with Gasteiger partial charge in [0.2, 0.25) is 5.62 Å². The van der Waals surface area contributed by atoms with Crippen LogP contribution in [0.5, 0.6) is 0 Å². The summed E-state index contributed by atoms with van der Waals surface area (Å²) in [5, 5.41) is 19.7. The van der Waals surface area contributed by atoms with E-state index in [1.807, 2.05) is 28.8 Å². The lowest BCUT2D eigenvalue weighted by molar-refractivity contribution is -0.384. The number of carbonyl (C=O) groups is 1. The Kier molecular flexibility index (Phi) is 7.40. The Morgan fingerprint density at radius 2 is 1.65 bits per heavy atom. The van der Waals surface area contributed by atoms with Gasteiger partial charge in [-0.2, -0.15) is 0 Å². The summed E-state index contributed by atoms with van der Waals surface area (Å²) in [6.45, 7) is 3.73. The molecule has 31 heavy (non-hydrogen) atoms. The van der Waals surface area contributed by atoms with Crippen molar-refractivity contribution >= 4 is 39.5 Å². The van der Waals surface area contributed by atoms with Crippen molar-refractivity contribution in [1.29, 1.82) is 5.41 Å². The van der Waals surface area contributed by atoms with Gasteiger partial charge < -0.3 is 14.0 Å². The molecule has 2 aromatic carbocycles. The maximum atomic E-state index is 12.9. The van der Waals surface area contributed by atoms with Crippen LogP contribution in [0.15, 0.2) is 48.5 Å². The molecule has 3 aromatic rings. The maximum absolute atomic E-state index is 12.9. The average Bonchev–Trinajstić information content (AvgIpc) is 3.04. The number of imidazole rings is 1. The molecule has 0 radical (unpaired) electrons. The number of aromatic nitrogens is 2.